The fraction of sp³-hybridized carbons (Fsp3) is 0.387. The molecule has 5 rings (SSSR count). The third-order valence-corrected chi connectivity index (χ3v) is 9.29. The zero-order valence-electron chi connectivity index (χ0n) is 24.3. The number of terminal acetylenes is 1. The van der Waals surface area contributed by atoms with Crippen molar-refractivity contribution in [3.8, 4) is 29.5 Å². The molecule has 0 saturated carbocycles. The number of ether oxygens (including phenoxy) is 3. The molecule has 0 atom stereocenters. The molecule has 214 valence electrons. The van der Waals surface area contributed by atoms with Crippen molar-refractivity contribution in [1.29, 1.82) is 0 Å². The Hall–Kier alpha value is -3.91. The second kappa shape index (κ2) is 12.7. The lowest BCUT2D eigenvalue weighted by Crippen LogP contribution is -2.40. The summed E-state index contributed by atoms with van der Waals surface area (Å²) >= 11 is 0. The molecule has 2 aromatic heterocycles. The molecule has 1 fully saturated rings. The lowest BCUT2D eigenvalue weighted by Gasteiger charge is -2.26. The van der Waals surface area contributed by atoms with Gasteiger partial charge in [-0.25, -0.2) is 14.6 Å². The SMILES string of the molecule is C#Cc1c(-n2ncc3c(NCc4ccc(OC)c(OCCCN5CCOCC5)c4)ncnc32)cccc1[Si](C)(C)C. The number of methoxy groups -OCH3 is 1. The van der Waals surface area contributed by atoms with Gasteiger partial charge in [-0.05, 0) is 35.4 Å². The van der Waals surface area contributed by atoms with Crippen LogP contribution in [0.1, 0.15) is 17.5 Å². The molecule has 41 heavy (non-hydrogen) atoms. The van der Waals surface area contributed by atoms with Crippen LogP contribution in [0.4, 0.5) is 5.82 Å². The largest absolute Gasteiger partial charge is 0.493 e. The molecule has 3 heterocycles. The minimum absolute atomic E-state index is 0.548. The summed E-state index contributed by atoms with van der Waals surface area (Å²) in [5.41, 5.74) is 3.48. The van der Waals surface area contributed by atoms with Crippen LogP contribution in [0.5, 0.6) is 11.5 Å². The van der Waals surface area contributed by atoms with Gasteiger partial charge >= 0.3 is 0 Å². The van der Waals surface area contributed by atoms with Crippen LogP contribution in [0.15, 0.2) is 48.9 Å². The fourth-order valence-electron chi connectivity index (χ4n) is 5.08. The van der Waals surface area contributed by atoms with E-state index in [-0.39, 0.29) is 0 Å². The number of rotatable bonds is 11. The first-order chi connectivity index (χ1) is 19.9. The van der Waals surface area contributed by atoms with Crippen molar-refractivity contribution < 1.29 is 14.2 Å². The number of aromatic nitrogens is 4. The third kappa shape index (κ3) is 6.54. The molecule has 1 N–H and O–H groups in total. The van der Waals surface area contributed by atoms with Gasteiger partial charge in [0.15, 0.2) is 17.1 Å². The molecule has 0 amide bonds. The second-order valence-electron chi connectivity index (χ2n) is 11.1. The highest BCUT2D eigenvalue weighted by Gasteiger charge is 2.23. The molecule has 0 spiro atoms. The van der Waals surface area contributed by atoms with E-state index in [1.54, 1.807) is 19.6 Å². The van der Waals surface area contributed by atoms with Crippen molar-refractivity contribution in [2.45, 2.75) is 32.6 Å². The number of morpholine rings is 1. The number of benzene rings is 2. The fourth-order valence-corrected chi connectivity index (χ4v) is 6.63. The van der Waals surface area contributed by atoms with Gasteiger partial charge in [-0.15, -0.1) is 6.42 Å². The van der Waals surface area contributed by atoms with Crippen LogP contribution in [0.25, 0.3) is 16.7 Å². The highest BCUT2D eigenvalue weighted by Crippen LogP contribution is 2.29. The summed E-state index contributed by atoms with van der Waals surface area (Å²) in [6, 6.07) is 12.2. The zero-order valence-corrected chi connectivity index (χ0v) is 25.3. The van der Waals surface area contributed by atoms with Crippen LogP contribution in [0.3, 0.4) is 0 Å². The van der Waals surface area contributed by atoms with Crippen molar-refractivity contribution in [1.82, 2.24) is 24.6 Å². The molecule has 0 radical (unpaired) electrons. The molecule has 1 aliphatic rings. The monoisotopic (exact) mass is 570 g/mol. The Labute approximate surface area is 242 Å². The molecule has 0 bridgehead atoms. The van der Waals surface area contributed by atoms with E-state index in [1.165, 1.54) is 5.19 Å². The van der Waals surface area contributed by atoms with Crippen LogP contribution < -0.4 is 20.0 Å². The summed E-state index contributed by atoms with van der Waals surface area (Å²) < 4.78 is 18.9. The van der Waals surface area contributed by atoms with Gasteiger partial charge in [-0.3, -0.25) is 4.90 Å². The van der Waals surface area contributed by atoms with E-state index in [9.17, 15) is 0 Å². The Kier molecular flexibility index (Phi) is 8.88. The molecule has 10 heteroatoms. The number of hydrogen-bond acceptors (Lipinski definition) is 8. The first kappa shape index (κ1) is 28.6. The third-order valence-electron chi connectivity index (χ3n) is 7.26. The van der Waals surface area contributed by atoms with Gasteiger partial charge in [-0.1, -0.05) is 43.8 Å². The van der Waals surface area contributed by atoms with Gasteiger partial charge in [0.05, 0.1) is 52.3 Å². The summed E-state index contributed by atoms with van der Waals surface area (Å²) in [6.45, 7) is 12.6. The highest BCUT2D eigenvalue weighted by atomic mass is 28.3. The van der Waals surface area contributed by atoms with E-state index in [0.717, 1.165) is 73.0 Å². The highest BCUT2D eigenvalue weighted by molar-refractivity contribution is 6.89. The molecular weight excluding hydrogens is 532 g/mol. The van der Waals surface area contributed by atoms with Gasteiger partial charge < -0.3 is 19.5 Å². The van der Waals surface area contributed by atoms with Gasteiger partial charge in [0.1, 0.15) is 12.1 Å². The van der Waals surface area contributed by atoms with Crippen molar-refractivity contribution in [2.75, 3.05) is 51.9 Å². The smallest absolute Gasteiger partial charge is 0.168 e. The van der Waals surface area contributed by atoms with Crippen molar-refractivity contribution >= 4 is 30.1 Å². The molecule has 0 aliphatic carbocycles. The van der Waals surface area contributed by atoms with Crippen LogP contribution in [-0.2, 0) is 11.3 Å². The summed E-state index contributed by atoms with van der Waals surface area (Å²) in [5.74, 6) is 5.08. The maximum absolute atomic E-state index is 6.13. The Balaban J connectivity index is 1.31. The number of fused-ring (bicyclic) bond motifs is 1. The lowest BCUT2D eigenvalue weighted by molar-refractivity contribution is 0.0357. The molecule has 0 unspecified atom stereocenters. The summed E-state index contributed by atoms with van der Waals surface area (Å²) in [7, 11) is 0.00420. The Morgan fingerprint density at radius 2 is 1.93 bits per heavy atom. The normalized spacial score (nSPS) is 14.1. The summed E-state index contributed by atoms with van der Waals surface area (Å²) in [4.78, 5) is 11.5. The van der Waals surface area contributed by atoms with Crippen LogP contribution >= 0.6 is 0 Å². The van der Waals surface area contributed by atoms with Crippen LogP contribution in [-0.4, -0.2) is 79.3 Å². The Morgan fingerprint density at radius 3 is 2.68 bits per heavy atom. The number of nitrogens with one attached hydrogen (secondary N) is 1. The predicted molar refractivity (Wildman–Crippen MR) is 165 cm³/mol. The lowest BCUT2D eigenvalue weighted by atomic mass is 10.2. The summed E-state index contributed by atoms with van der Waals surface area (Å²) in [6.07, 6.45) is 10.3. The molecule has 4 aromatic rings. The summed E-state index contributed by atoms with van der Waals surface area (Å²) in [5, 5.41) is 10.2. The quantitative estimate of drug-likeness (QED) is 0.164. The van der Waals surface area contributed by atoms with Crippen molar-refractivity contribution in [3.05, 3.63) is 60.0 Å². The number of nitrogens with zero attached hydrogens (tertiary/aromatic N) is 5. The average molecular weight is 571 g/mol. The topological polar surface area (TPSA) is 86.6 Å². The van der Waals surface area contributed by atoms with Crippen molar-refractivity contribution in [3.63, 3.8) is 0 Å². The standard InChI is InChI=1S/C31H38N6O3Si/c1-6-24-26(9-7-10-29(24)41(3,4)5)37-31-25(21-35-37)30(33-22-34-31)32-20-23-11-12-27(38-2)28(19-23)40-16-8-13-36-14-17-39-18-15-36/h1,7,9-12,19,21-22H,8,13-18,20H2,2-5H3,(H,32,33,34). The zero-order chi connectivity index (χ0) is 28.8. The van der Waals surface area contributed by atoms with Crippen molar-refractivity contribution in [2.24, 2.45) is 0 Å². The average Bonchev–Trinajstić information content (AvgIpc) is 3.42. The maximum Gasteiger partial charge on any atom is 0.168 e. The maximum atomic E-state index is 6.13. The Morgan fingerprint density at radius 1 is 1.10 bits per heavy atom. The molecule has 2 aromatic carbocycles. The number of hydrogen-bond donors (Lipinski definition) is 1. The van der Waals surface area contributed by atoms with E-state index >= 15 is 0 Å². The first-order valence-corrected chi connectivity index (χ1v) is 17.5. The minimum Gasteiger partial charge on any atom is -0.493 e. The van der Waals surface area contributed by atoms with E-state index < -0.39 is 8.07 Å². The molecule has 1 saturated heterocycles. The van der Waals surface area contributed by atoms with Gasteiger partial charge in [-0.2, -0.15) is 5.10 Å². The van der Waals surface area contributed by atoms with Crippen LogP contribution in [0, 0.1) is 12.3 Å². The van der Waals surface area contributed by atoms with E-state index in [0.29, 0.717) is 24.6 Å². The van der Waals surface area contributed by atoms with E-state index in [1.807, 2.05) is 35.0 Å². The Bertz CT molecular complexity index is 1540. The molecular formula is C31H38N6O3Si. The van der Waals surface area contributed by atoms with Gasteiger partial charge in [0.2, 0.25) is 0 Å². The van der Waals surface area contributed by atoms with Crippen LogP contribution in [0.2, 0.25) is 19.6 Å². The van der Waals surface area contributed by atoms with Gasteiger partial charge in [0.25, 0.3) is 0 Å². The first-order valence-electron chi connectivity index (χ1n) is 14.0. The predicted octanol–water partition coefficient (Wildman–Crippen LogP) is 4.06. The second-order valence-corrected chi connectivity index (χ2v) is 16.1. The molecule has 9 nitrogen and oxygen atoms in total. The number of anilines is 1. The minimum atomic E-state index is -1.66. The van der Waals surface area contributed by atoms with E-state index in [4.69, 9.17) is 20.6 Å². The van der Waals surface area contributed by atoms with Gasteiger partial charge in [0, 0.05) is 31.7 Å². The molecule has 1 aliphatic heterocycles. The van der Waals surface area contributed by atoms with E-state index in [2.05, 4.69) is 56.9 Å².